The summed E-state index contributed by atoms with van der Waals surface area (Å²) in [4.78, 5) is 17.7. The van der Waals surface area contributed by atoms with Gasteiger partial charge in [0, 0.05) is 40.0 Å². The summed E-state index contributed by atoms with van der Waals surface area (Å²) in [6, 6.07) is 0. The third-order valence-corrected chi connectivity index (χ3v) is 5.14. The Morgan fingerprint density at radius 2 is 1.96 bits per heavy atom. The first kappa shape index (κ1) is 24.4. The Bertz CT molecular complexity index is 480. The van der Waals surface area contributed by atoms with Crippen molar-refractivity contribution in [2.75, 3.05) is 40.3 Å². The van der Waals surface area contributed by atoms with E-state index in [4.69, 9.17) is 9.47 Å². The molecule has 0 bridgehead atoms. The van der Waals surface area contributed by atoms with E-state index in [-0.39, 0.29) is 48.3 Å². The Balaban J connectivity index is 0.00000364. The van der Waals surface area contributed by atoms with E-state index >= 15 is 0 Å². The fourth-order valence-corrected chi connectivity index (χ4v) is 3.24. The lowest BCUT2D eigenvalue weighted by Gasteiger charge is -2.34. The maximum atomic E-state index is 11.8. The normalized spacial score (nSPS) is 27.9. The number of guanidine groups is 1. The van der Waals surface area contributed by atoms with Crippen LogP contribution in [0.4, 0.5) is 0 Å². The first-order valence-electron chi connectivity index (χ1n) is 9.98. The van der Waals surface area contributed by atoms with Gasteiger partial charge >= 0.3 is 0 Å². The van der Waals surface area contributed by atoms with E-state index in [0.29, 0.717) is 19.1 Å². The second kappa shape index (κ2) is 12.1. The molecule has 1 unspecified atom stereocenters. The molecule has 1 saturated carbocycles. The summed E-state index contributed by atoms with van der Waals surface area (Å²) < 4.78 is 12.3. The van der Waals surface area contributed by atoms with Crippen LogP contribution in [0.25, 0.3) is 0 Å². The Morgan fingerprint density at radius 1 is 1.26 bits per heavy atom. The maximum absolute atomic E-state index is 11.8. The highest BCUT2D eigenvalue weighted by molar-refractivity contribution is 14.0. The molecule has 0 aromatic carbocycles. The predicted octanol–water partition coefficient (Wildman–Crippen LogP) is 2.35. The third-order valence-electron chi connectivity index (χ3n) is 5.14. The van der Waals surface area contributed by atoms with Crippen molar-refractivity contribution in [2.45, 2.75) is 64.3 Å². The van der Waals surface area contributed by atoms with Crippen LogP contribution in [-0.2, 0) is 14.3 Å². The van der Waals surface area contributed by atoms with Crippen molar-refractivity contribution >= 4 is 35.8 Å². The lowest BCUT2D eigenvalue weighted by molar-refractivity contribution is -0.191. The van der Waals surface area contributed by atoms with Crippen molar-refractivity contribution < 1.29 is 14.3 Å². The molecular formula is C19H37IN4O3. The molecule has 1 spiro atoms. The summed E-state index contributed by atoms with van der Waals surface area (Å²) in [5.74, 6) is 1.04. The SMILES string of the molecule is CCCCNC(=NCC(=O)N(C)C)NCC1COC2(CCC(C)CC2)O1.I. The molecule has 1 saturated heterocycles. The van der Waals surface area contributed by atoms with Gasteiger partial charge in [-0.2, -0.15) is 0 Å². The molecule has 1 amide bonds. The molecule has 2 rings (SSSR count). The number of ether oxygens (including phenoxy) is 2. The molecule has 0 radical (unpaired) electrons. The van der Waals surface area contributed by atoms with Crippen LogP contribution in [0.1, 0.15) is 52.4 Å². The Morgan fingerprint density at radius 3 is 2.59 bits per heavy atom. The van der Waals surface area contributed by atoms with E-state index in [0.717, 1.165) is 51.0 Å². The number of halogens is 1. The number of carbonyl (C=O) groups is 1. The molecule has 0 aromatic rings. The lowest BCUT2D eigenvalue weighted by Crippen LogP contribution is -2.43. The molecule has 1 heterocycles. The number of nitrogens with one attached hydrogen (secondary N) is 2. The molecule has 1 aliphatic heterocycles. The zero-order chi connectivity index (χ0) is 19.0. The largest absolute Gasteiger partial charge is 0.356 e. The maximum Gasteiger partial charge on any atom is 0.243 e. The van der Waals surface area contributed by atoms with E-state index in [1.54, 1.807) is 19.0 Å². The van der Waals surface area contributed by atoms with E-state index in [1.807, 2.05) is 0 Å². The summed E-state index contributed by atoms with van der Waals surface area (Å²) in [6.07, 6.45) is 6.49. The standard InChI is InChI=1S/C19H36N4O3.HI/c1-5-6-11-20-18(22-13-17(24)23(3)4)21-12-16-14-25-19(26-16)9-7-15(2)8-10-19;/h15-16H,5-14H2,1-4H3,(H2,20,21,22);1H. The molecule has 7 nitrogen and oxygen atoms in total. The molecule has 2 fully saturated rings. The van der Waals surface area contributed by atoms with Gasteiger partial charge in [0.1, 0.15) is 12.6 Å². The van der Waals surface area contributed by atoms with Gasteiger partial charge < -0.3 is 25.0 Å². The highest BCUT2D eigenvalue weighted by Gasteiger charge is 2.43. The van der Waals surface area contributed by atoms with Crippen LogP contribution < -0.4 is 10.6 Å². The van der Waals surface area contributed by atoms with Crippen molar-refractivity contribution in [3.05, 3.63) is 0 Å². The van der Waals surface area contributed by atoms with Crippen LogP contribution in [-0.4, -0.2) is 69.0 Å². The Hall–Kier alpha value is -0.610. The van der Waals surface area contributed by atoms with Crippen LogP contribution in [0.5, 0.6) is 0 Å². The third kappa shape index (κ3) is 8.11. The summed E-state index contributed by atoms with van der Waals surface area (Å²) in [5.41, 5.74) is 0. The molecule has 27 heavy (non-hydrogen) atoms. The number of likely N-dealkylation sites (N-methyl/N-ethyl adjacent to an activating group) is 1. The minimum atomic E-state index is -0.368. The fraction of sp³-hybridized carbons (Fsp3) is 0.895. The molecule has 0 aromatic heterocycles. The van der Waals surface area contributed by atoms with Gasteiger partial charge in [-0.15, -0.1) is 24.0 Å². The van der Waals surface area contributed by atoms with E-state index in [1.165, 1.54) is 0 Å². The number of carbonyl (C=O) groups excluding carboxylic acids is 1. The van der Waals surface area contributed by atoms with Gasteiger partial charge in [-0.3, -0.25) is 4.79 Å². The minimum absolute atomic E-state index is 0. The smallest absolute Gasteiger partial charge is 0.243 e. The van der Waals surface area contributed by atoms with Gasteiger partial charge in [-0.1, -0.05) is 20.3 Å². The quantitative estimate of drug-likeness (QED) is 0.245. The van der Waals surface area contributed by atoms with Crippen LogP contribution in [0, 0.1) is 5.92 Å². The van der Waals surface area contributed by atoms with Gasteiger partial charge in [-0.05, 0) is 25.2 Å². The van der Waals surface area contributed by atoms with Crippen molar-refractivity contribution in [2.24, 2.45) is 10.9 Å². The monoisotopic (exact) mass is 496 g/mol. The predicted molar refractivity (Wildman–Crippen MR) is 119 cm³/mol. The fourth-order valence-electron chi connectivity index (χ4n) is 3.24. The Kier molecular flexibility index (Phi) is 10.9. The van der Waals surface area contributed by atoms with Crippen molar-refractivity contribution in [3.63, 3.8) is 0 Å². The number of nitrogens with zero attached hydrogens (tertiary/aromatic N) is 2. The molecular weight excluding hydrogens is 459 g/mol. The minimum Gasteiger partial charge on any atom is -0.356 e. The van der Waals surface area contributed by atoms with Crippen LogP contribution >= 0.6 is 24.0 Å². The summed E-state index contributed by atoms with van der Waals surface area (Å²) >= 11 is 0. The topological polar surface area (TPSA) is 75.2 Å². The highest BCUT2D eigenvalue weighted by Crippen LogP contribution is 2.39. The van der Waals surface area contributed by atoms with Gasteiger partial charge in [-0.25, -0.2) is 4.99 Å². The second-order valence-electron chi connectivity index (χ2n) is 7.76. The molecule has 2 aliphatic rings. The van der Waals surface area contributed by atoms with Crippen LogP contribution in [0.15, 0.2) is 4.99 Å². The number of hydrogen-bond donors (Lipinski definition) is 2. The highest BCUT2D eigenvalue weighted by atomic mass is 127. The zero-order valence-electron chi connectivity index (χ0n) is 17.3. The molecule has 1 atom stereocenters. The van der Waals surface area contributed by atoms with Crippen molar-refractivity contribution in [3.8, 4) is 0 Å². The average molecular weight is 496 g/mol. The van der Waals surface area contributed by atoms with Crippen molar-refractivity contribution in [1.29, 1.82) is 0 Å². The van der Waals surface area contributed by atoms with Crippen molar-refractivity contribution in [1.82, 2.24) is 15.5 Å². The van der Waals surface area contributed by atoms with E-state index in [9.17, 15) is 4.79 Å². The summed E-state index contributed by atoms with van der Waals surface area (Å²) in [7, 11) is 3.48. The first-order chi connectivity index (χ1) is 12.4. The van der Waals surface area contributed by atoms with E-state index in [2.05, 4.69) is 29.5 Å². The summed E-state index contributed by atoms with van der Waals surface area (Å²) in [6.45, 7) is 6.66. The Labute approximate surface area is 181 Å². The van der Waals surface area contributed by atoms with Gasteiger partial charge in [0.05, 0.1) is 6.61 Å². The average Bonchev–Trinajstić information content (AvgIpc) is 3.02. The zero-order valence-corrected chi connectivity index (χ0v) is 19.6. The second-order valence-corrected chi connectivity index (χ2v) is 7.76. The summed E-state index contributed by atoms with van der Waals surface area (Å²) in [5, 5.41) is 6.60. The molecule has 1 aliphatic carbocycles. The number of unbranched alkanes of at least 4 members (excludes halogenated alkanes) is 1. The van der Waals surface area contributed by atoms with Gasteiger partial charge in [0.2, 0.25) is 5.91 Å². The van der Waals surface area contributed by atoms with Crippen LogP contribution in [0.3, 0.4) is 0 Å². The van der Waals surface area contributed by atoms with Gasteiger partial charge in [0.25, 0.3) is 0 Å². The van der Waals surface area contributed by atoms with E-state index < -0.39 is 0 Å². The molecule has 2 N–H and O–H groups in total. The van der Waals surface area contributed by atoms with Gasteiger partial charge in [0.15, 0.2) is 11.7 Å². The lowest BCUT2D eigenvalue weighted by atomic mass is 9.86. The molecule has 158 valence electrons. The number of rotatable bonds is 7. The molecule has 8 heteroatoms. The van der Waals surface area contributed by atoms with Crippen LogP contribution in [0.2, 0.25) is 0 Å². The number of aliphatic imine (C=N–C) groups is 1. The first-order valence-corrected chi connectivity index (χ1v) is 9.98. The number of hydrogen-bond acceptors (Lipinski definition) is 4. The number of amides is 1.